The third-order valence-corrected chi connectivity index (χ3v) is 7.17. The molecule has 3 aromatic rings. The zero-order chi connectivity index (χ0) is 27.4. The number of amidine groups is 2. The summed E-state index contributed by atoms with van der Waals surface area (Å²) < 4.78 is 13.1. The number of anilines is 1. The summed E-state index contributed by atoms with van der Waals surface area (Å²) in [5.41, 5.74) is 3.91. The van der Waals surface area contributed by atoms with Crippen LogP contribution in [0.3, 0.4) is 0 Å². The Hall–Kier alpha value is -4.31. The molecule has 2 N–H and O–H groups in total. The predicted octanol–water partition coefficient (Wildman–Crippen LogP) is 4.56. The number of halogens is 1. The zero-order valence-corrected chi connectivity index (χ0v) is 22.0. The second-order valence-corrected chi connectivity index (χ2v) is 10.1. The maximum absolute atomic E-state index is 13.4. The van der Waals surface area contributed by atoms with E-state index in [1.54, 1.807) is 12.1 Å². The summed E-state index contributed by atoms with van der Waals surface area (Å²) in [5.74, 6) is -0.530. The van der Waals surface area contributed by atoms with Gasteiger partial charge in [-0.1, -0.05) is 48.2 Å². The number of nitrogens with zero attached hydrogens (tertiary/aromatic N) is 3. The van der Waals surface area contributed by atoms with Gasteiger partial charge < -0.3 is 10.6 Å². The Morgan fingerprint density at radius 2 is 1.82 bits per heavy atom. The molecule has 198 valence electrons. The molecular formula is C29H26FN5O3S. The van der Waals surface area contributed by atoms with Gasteiger partial charge in [-0.15, -0.1) is 0 Å². The van der Waals surface area contributed by atoms with Crippen molar-refractivity contribution in [2.24, 2.45) is 9.98 Å². The van der Waals surface area contributed by atoms with Crippen LogP contribution in [-0.4, -0.2) is 45.4 Å². The lowest BCUT2D eigenvalue weighted by Crippen LogP contribution is -2.41. The van der Waals surface area contributed by atoms with Gasteiger partial charge in [0.15, 0.2) is 5.17 Å². The van der Waals surface area contributed by atoms with Gasteiger partial charge in [-0.05, 0) is 60.9 Å². The summed E-state index contributed by atoms with van der Waals surface area (Å²) in [6, 6.07) is 20.1. The van der Waals surface area contributed by atoms with E-state index in [1.807, 2.05) is 55.5 Å². The molecule has 0 unspecified atom stereocenters. The number of hydrogen-bond donors (Lipinski definition) is 2. The van der Waals surface area contributed by atoms with Crippen molar-refractivity contribution in [2.45, 2.75) is 32.4 Å². The average molecular weight is 544 g/mol. The van der Waals surface area contributed by atoms with Crippen molar-refractivity contribution in [1.82, 2.24) is 10.2 Å². The molecule has 0 aromatic heterocycles. The highest BCUT2D eigenvalue weighted by molar-refractivity contribution is 8.14. The molecule has 0 fully saturated rings. The topological polar surface area (TPSA) is 103 Å². The minimum Gasteiger partial charge on any atom is -0.352 e. The van der Waals surface area contributed by atoms with Crippen LogP contribution in [0, 0.1) is 12.7 Å². The lowest BCUT2D eigenvalue weighted by atomic mass is 10.1. The third-order valence-electron chi connectivity index (χ3n) is 6.23. The molecule has 0 saturated carbocycles. The van der Waals surface area contributed by atoms with Crippen LogP contribution < -0.4 is 10.6 Å². The van der Waals surface area contributed by atoms with E-state index in [-0.39, 0.29) is 48.7 Å². The first-order valence-corrected chi connectivity index (χ1v) is 13.5. The van der Waals surface area contributed by atoms with Crippen molar-refractivity contribution in [1.29, 1.82) is 0 Å². The normalized spacial score (nSPS) is 15.7. The Morgan fingerprint density at radius 1 is 1.03 bits per heavy atom. The first-order valence-electron chi connectivity index (χ1n) is 12.5. The first kappa shape index (κ1) is 26.3. The van der Waals surface area contributed by atoms with Crippen molar-refractivity contribution in [3.05, 3.63) is 95.3 Å². The van der Waals surface area contributed by atoms with Crippen LogP contribution in [0.2, 0.25) is 0 Å². The second kappa shape index (κ2) is 11.6. The highest BCUT2D eigenvalue weighted by atomic mass is 32.2. The lowest BCUT2D eigenvalue weighted by molar-refractivity contribution is -0.125. The Bertz CT molecular complexity index is 1490. The molecular weight excluding hydrogens is 517 g/mol. The van der Waals surface area contributed by atoms with Crippen LogP contribution in [0.25, 0.3) is 0 Å². The minimum absolute atomic E-state index is 0.0580. The molecule has 3 amide bonds. The number of aryl methyl sites for hydroxylation is 1. The van der Waals surface area contributed by atoms with Crippen molar-refractivity contribution in [3.63, 3.8) is 0 Å². The fourth-order valence-corrected chi connectivity index (χ4v) is 5.10. The van der Waals surface area contributed by atoms with Gasteiger partial charge >= 0.3 is 0 Å². The van der Waals surface area contributed by atoms with Crippen LogP contribution in [0.4, 0.5) is 15.8 Å². The number of thioether (sulfide) groups is 1. The Kier molecular flexibility index (Phi) is 7.83. The van der Waals surface area contributed by atoms with Gasteiger partial charge in [-0.3, -0.25) is 19.4 Å². The van der Waals surface area contributed by atoms with E-state index in [0.29, 0.717) is 22.4 Å². The maximum Gasteiger partial charge on any atom is 0.259 e. The molecule has 10 heteroatoms. The fourth-order valence-electron chi connectivity index (χ4n) is 4.30. The van der Waals surface area contributed by atoms with E-state index < -0.39 is 6.04 Å². The van der Waals surface area contributed by atoms with E-state index in [4.69, 9.17) is 0 Å². The number of hydrogen-bond acceptors (Lipinski definition) is 6. The molecule has 39 heavy (non-hydrogen) atoms. The minimum atomic E-state index is -0.741. The van der Waals surface area contributed by atoms with Crippen LogP contribution in [0.15, 0.2) is 82.8 Å². The summed E-state index contributed by atoms with van der Waals surface area (Å²) in [4.78, 5) is 49.2. The molecule has 0 aliphatic carbocycles. The molecule has 1 atom stereocenters. The summed E-state index contributed by atoms with van der Waals surface area (Å²) in [7, 11) is 0. The van der Waals surface area contributed by atoms with E-state index in [1.165, 1.54) is 17.0 Å². The number of carbonyl (C=O) groups excluding carboxylic acids is 3. The molecule has 2 aliphatic rings. The molecule has 2 aliphatic heterocycles. The van der Waals surface area contributed by atoms with Crippen molar-refractivity contribution >= 4 is 51.9 Å². The lowest BCUT2D eigenvalue weighted by Gasteiger charge is -2.25. The molecule has 5 rings (SSSR count). The number of para-hydroxylation sites is 1. The Labute approximate surface area is 229 Å². The number of nitrogens with one attached hydrogen (secondary N) is 2. The summed E-state index contributed by atoms with van der Waals surface area (Å²) in [5, 5.41) is 6.04. The molecule has 0 spiro atoms. The van der Waals surface area contributed by atoms with Crippen molar-refractivity contribution in [2.75, 3.05) is 11.1 Å². The number of carbonyl (C=O) groups is 3. The summed E-state index contributed by atoms with van der Waals surface area (Å²) >= 11 is 1.16. The number of aliphatic imine (C=N–C) groups is 2. The molecule has 0 bridgehead atoms. The van der Waals surface area contributed by atoms with E-state index >= 15 is 0 Å². The zero-order valence-electron chi connectivity index (χ0n) is 21.2. The molecule has 8 nitrogen and oxygen atoms in total. The van der Waals surface area contributed by atoms with Gasteiger partial charge in [0.2, 0.25) is 11.8 Å². The van der Waals surface area contributed by atoms with E-state index in [0.717, 1.165) is 28.5 Å². The van der Waals surface area contributed by atoms with E-state index in [9.17, 15) is 18.8 Å². The van der Waals surface area contributed by atoms with Crippen molar-refractivity contribution < 1.29 is 18.8 Å². The maximum atomic E-state index is 13.4. The van der Waals surface area contributed by atoms with Gasteiger partial charge in [-0.25, -0.2) is 14.3 Å². The van der Waals surface area contributed by atoms with Gasteiger partial charge in [0, 0.05) is 24.2 Å². The van der Waals surface area contributed by atoms with Gasteiger partial charge in [0.05, 0.1) is 11.4 Å². The quantitative estimate of drug-likeness (QED) is 0.435. The molecule has 3 aromatic carbocycles. The number of benzene rings is 3. The second-order valence-electron chi connectivity index (χ2n) is 9.20. The number of rotatable bonds is 8. The molecule has 2 heterocycles. The Morgan fingerprint density at radius 3 is 2.62 bits per heavy atom. The molecule has 0 radical (unpaired) electrons. The van der Waals surface area contributed by atoms with Crippen molar-refractivity contribution in [3.8, 4) is 0 Å². The first-order chi connectivity index (χ1) is 18.9. The van der Waals surface area contributed by atoms with Crippen LogP contribution in [-0.2, 0) is 20.9 Å². The van der Waals surface area contributed by atoms with Crippen LogP contribution >= 0.6 is 11.8 Å². The Balaban J connectivity index is 1.23. The predicted molar refractivity (Wildman–Crippen MR) is 150 cm³/mol. The summed E-state index contributed by atoms with van der Waals surface area (Å²) in [6.45, 7) is 2.22. The van der Waals surface area contributed by atoms with E-state index in [2.05, 4.69) is 20.6 Å². The molecule has 0 saturated heterocycles. The largest absolute Gasteiger partial charge is 0.352 e. The van der Waals surface area contributed by atoms with Gasteiger partial charge in [0.1, 0.15) is 17.7 Å². The average Bonchev–Trinajstić information content (AvgIpc) is 3.26. The van der Waals surface area contributed by atoms with Crippen LogP contribution in [0.1, 0.15) is 29.5 Å². The SMILES string of the molecule is Cc1cccc(NC(=O)CSC2=Nc3ccccc3C3=N[C@@H](CCC(=O)NCc4ccc(F)cc4)C(=O)N23)c1. The smallest absolute Gasteiger partial charge is 0.259 e. The van der Waals surface area contributed by atoms with Gasteiger partial charge in [0.25, 0.3) is 5.91 Å². The number of fused-ring (bicyclic) bond motifs is 3. The highest BCUT2D eigenvalue weighted by Crippen LogP contribution is 2.34. The fraction of sp³-hybridized carbons (Fsp3) is 0.207. The monoisotopic (exact) mass is 543 g/mol. The third kappa shape index (κ3) is 6.23. The summed E-state index contributed by atoms with van der Waals surface area (Å²) in [6.07, 6.45) is 0.324. The van der Waals surface area contributed by atoms with Crippen LogP contribution in [0.5, 0.6) is 0 Å². The highest BCUT2D eigenvalue weighted by Gasteiger charge is 2.41. The van der Waals surface area contributed by atoms with Gasteiger partial charge in [-0.2, -0.15) is 0 Å². The standard InChI is InChI=1S/C29H26FN5O3S/c1-18-5-4-6-21(15-18)32-26(37)17-39-29-34-23-8-3-2-7-22(23)27-33-24(28(38)35(27)29)13-14-25(36)31-16-19-9-11-20(30)12-10-19/h2-12,15,24H,13-14,16-17H2,1H3,(H,31,36)(H,32,37)/t24-/m0/s1. The number of amides is 3.